The van der Waals surface area contributed by atoms with Crippen LogP contribution in [0.5, 0.6) is 0 Å². The molecule has 0 aromatic heterocycles. The van der Waals surface area contributed by atoms with Gasteiger partial charge in [0, 0.05) is 17.4 Å². The fraction of sp³-hybridized carbons (Fsp3) is 0.300. The molecule has 0 heterocycles. The van der Waals surface area contributed by atoms with Crippen LogP contribution >= 0.6 is 23.8 Å². The van der Waals surface area contributed by atoms with E-state index in [1.165, 1.54) is 19.3 Å². The lowest BCUT2D eigenvalue weighted by Crippen LogP contribution is -2.36. The molecule has 1 saturated carbocycles. The molecule has 26 heavy (non-hydrogen) atoms. The summed E-state index contributed by atoms with van der Waals surface area (Å²) in [6.07, 6.45) is 5.65. The van der Waals surface area contributed by atoms with Gasteiger partial charge in [-0.15, -0.1) is 0 Å². The fourth-order valence-corrected chi connectivity index (χ4v) is 3.54. The van der Waals surface area contributed by atoms with E-state index in [4.69, 9.17) is 23.8 Å². The van der Waals surface area contributed by atoms with E-state index in [-0.39, 0.29) is 11.9 Å². The highest BCUT2D eigenvalue weighted by Gasteiger charge is 2.18. The van der Waals surface area contributed by atoms with E-state index in [1.54, 1.807) is 18.2 Å². The molecule has 1 aliphatic rings. The van der Waals surface area contributed by atoms with E-state index in [0.29, 0.717) is 15.7 Å². The molecule has 0 unspecified atom stereocenters. The van der Waals surface area contributed by atoms with Crippen LogP contribution in [0, 0.1) is 0 Å². The zero-order valence-electron chi connectivity index (χ0n) is 14.4. The molecule has 0 saturated heterocycles. The van der Waals surface area contributed by atoms with E-state index >= 15 is 0 Å². The molecule has 3 N–H and O–H groups in total. The number of hydrogen-bond acceptors (Lipinski definition) is 2. The molecular formula is C20H22ClN3OS. The van der Waals surface area contributed by atoms with E-state index in [2.05, 4.69) is 16.0 Å². The second-order valence-electron chi connectivity index (χ2n) is 6.45. The van der Waals surface area contributed by atoms with Crippen molar-refractivity contribution in [2.24, 2.45) is 0 Å². The zero-order chi connectivity index (χ0) is 18.4. The van der Waals surface area contributed by atoms with Gasteiger partial charge < -0.3 is 16.0 Å². The maximum atomic E-state index is 12.6. The standard InChI is InChI=1S/C20H22ClN3OS/c21-18-12-11-16(24-20(26)23-15-9-5-2-6-10-15)13-17(18)19(25)22-14-7-3-1-4-8-14/h2,5-6,9-14H,1,3-4,7-8H2,(H,22,25)(H2,23,24,26). The average Bonchev–Trinajstić information content (AvgIpc) is 2.65. The minimum absolute atomic E-state index is 0.132. The first-order valence-corrected chi connectivity index (χ1v) is 9.64. The first kappa shape index (κ1) is 18.7. The van der Waals surface area contributed by atoms with E-state index in [1.807, 2.05) is 30.3 Å². The van der Waals surface area contributed by atoms with Crippen LogP contribution in [0.2, 0.25) is 5.02 Å². The number of anilines is 2. The topological polar surface area (TPSA) is 53.2 Å². The Morgan fingerprint density at radius 3 is 2.38 bits per heavy atom. The molecular weight excluding hydrogens is 366 g/mol. The number of rotatable bonds is 4. The molecule has 0 radical (unpaired) electrons. The summed E-state index contributed by atoms with van der Waals surface area (Å²) in [7, 11) is 0. The van der Waals surface area contributed by atoms with Gasteiger partial charge in [-0.1, -0.05) is 49.1 Å². The largest absolute Gasteiger partial charge is 0.349 e. The normalized spacial score (nSPS) is 14.5. The quantitative estimate of drug-likeness (QED) is 0.630. The minimum Gasteiger partial charge on any atom is -0.349 e. The molecule has 0 spiro atoms. The number of nitrogens with one attached hydrogen (secondary N) is 3. The van der Waals surface area contributed by atoms with Crippen molar-refractivity contribution in [3.8, 4) is 0 Å². The predicted octanol–water partition coefficient (Wildman–Crippen LogP) is 5.21. The van der Waals surface area contributed by atoms with Crippen molar-refractivity contribution in [2.45, 2.75) is 38.1 Å². The Morgan fingerprint density at radius 2 is 1.65 bits per heavy atom. The van der Waals surface area contributed by atoms with Gasteiger partial charge in [-0.25, -0.2) is 0 Å². The fourth-order valence-electron chi connectivity index (χ4n) is 3.10. The molecule has 1 fully saturated rings. The summed E-state index contributed by atoms with van der Waals surface area (Å²) in [5.74, 6) is -0.132. The molecule has 1 amide bonds. The Hall–Kier alpha value is -2.11. The summed E-state index contributed by atoms with van der Waals surface area (Å²) in [4.78, 5) is 12.6. The summed E-state index contributed by atoms with van der Waals surface area (Å²) in [5.41, 5.74) is 2.08. The molecule has 0 bridgehead atoms. The third-order valence-corrected chi connectivity index (χ3v) is 4.97. The van der Waals surface area contributed by atoms with Gasteiger partial charge >= 0.3 is 0 Å². The summed E-state index contributed by atoms with van der Waals surface area (Å²) >= 11 is 11.6. The van der Waals surface area contributed by atoms with Crippen LogP contribution in [0.3, 0.4) is 0 Å². The van der Waals surface area contributed by atoms with Gasteiger partial charge in [0.2, 0.25) is 0 Å². The second kappa shape index (κ2) is 9.01. The molecule has 136 valence electrons. The summed E-state index contributed by atoms with van der Waals surface area (Å²) in [5, 5.41) is 10.2. The van der Waals surface area contributed by atoms with Gasteiger partial charge in [0.1, 0.15) is 0 Å². The molecule has 2 aromatic carbocycles. The number of para-hydroxylation sites is 1. The van der Waals surface area contributed by atoms with Crippen LogP contribution in [-0.2, 0) is 0 Å². The van der Waals surface area contributed by atoms with Crippen molar-refractivity contribution in [1.82, 2.24) is 5.32 Å². The zero-order valence-corrected chi connectivity index (χ0v) is 16.0. The van der Waals surface area contributed by atoms with Gasteiger partial charge in [-0.2, -0.15) is 0 Å². The summed E-state index contributed by atoms with van der Waals surface area (Å²) in [6.45, 7) is 0. The maximum Gasteiger partial charge on any atom is 0.253 e. The van der Waals surface area contributed by atoms with Gasteiger partial charge in [-0.3, -0.25) is 4.79 Å². The third kappa shape index (κ3) is 5.19. The molecule has 0 atom stereocenters. The summed E-state index contributed by atoms with van der Waals surface area (Å²) in [6, 6.07) is 15.2. The van der Waals surface area contributed by atoms with Gasteiger partial charge in [0.05, 0.1) is 10.6 Å². The molecule has 1 aliphatic carbocycles. The third-order valence-electron chi connectivity index (χ3n) is 4.44. The van der Waals surface area contributed by atoms with Gasteiger partial charge in [0.15, 0.2) is 5.11 Å². The van der Waals surface area contributed by atoms with Gasteiger partial charge in [0.25, 0.3) is 5.91 Å². The molecule has 0 aliphatic heterocycles. The Kier molecular flexibility index (Phi) is 6.47. The minimum atomic E-state index is -0.132. The summed E-state index contributed by atoms with van der Waals surface area (Å²) < 4.78 is 0. The number of halogens is 1. The molecule has 2 aromatic rings. The van der Waals surface area contributed by atoms with Gasteiger partial charge in [-0.05, 0) is 55.4 Å². The average molecular weight is 388 g/mol. The van der Waals surface area contributed by atoms with Crippen LogP contribution < -0.4 is 16.0 Å². The number of carbonyl (C=O) groups is 1. The van der Waals surface area contributed by atoms with Crippen LogP contribution in [-0.4, -0.2) is 17.1 Å². The molecule has 3 rings (SSSR count). The van der Waals surface area contributed by atoms with Crippen LogP contribution in [0.1, 0.15) is 42.5 Å². The predicted molar refractivity (Wildman–Crippen MR) is 112 cm³/mol. The van der Waals surface area contributed by atoms with Crippen LogP contribution in [0.4, 0.5) is 11.4 Å². The van der Waals surface area contributed by atoms with Crippen LogP contribution in [0.15, 0.2) is 48.5 Å². The number of hydrogen-bond donors (Lipinski definition) is 3. The van der Waals surface area contributed by atoms with Crippen molar-refractivity contribution in [3.63, 3.8) is 0 Å². The molecule has 6 heteroatoms. The lowest BCUT2D eigenvalue weighted by Gasteiger charge is -2.23. The lowest BCUT2D eigenvalue weighted by atomic mass is 9.95. The smallest absolute Gasteiger partial charge is 0.253 e. The number of amides is 1. The first-order valence-electron chi connectivity index (χ1n) is 8.85. The highest BCUT2D eigenvalue weighted by molar-refractivity contribution is 7.80. The lowest BCUT2D eigenvalue weighted by molar-refractivity contribution is 0.0928. The molecule has 4 nitrogen and oxygen atoms in total. The Bertz CT molecular complexity index is 776. The van der Waals surface area contributed by atoms with Crippen molar-refractivity contribution in [2.75, 3.05) is 10.6 Å². The van der Waals surface area contributed by atoms with Crippen molar-refractivity contribution in [3.05, 3.63) is 59.1 Å². The Morgan fingerprint density at radius 1 is 0.962 bits per heavy atom. The second-order valence-corrected chi connectivity index (χ2v) is 7.26. The highest BCUT2D eigenvalue weighted by atomic mass is 35.5. The number of benzene rings is 2. The maximum absolute atomic E-state index is 12.6. The first-order chi connectivity index (χ1) is 12.6. The number of thiocarbonyl (C=S) groups is 1. The van der Waals surface area contributed by atoms with Crippen molar-refractivity contribution in [1.29, 1.82) is 0 Å². The SMILES string of the molecule is O=C(NC1CCCCC1)c1cc(NC(=S)Nc2ccccc2)ccc1Cl. The van der Waals surface area contributed by atoms with E-state index < -0.39 is 0 Å². The van der Waals surface area contributed by atoms with E-state index in [0.717, 1.165) is 24.2 Å². The van der Waals surface area contributed by atoms with Crippen molar-refractivity contribution >= 4 is 46.2 Å². The Labute approximate surface area is 164 Å². The Balaban J connectivity index is 1.64. The monoisotopic (exact) mass is 387 g/mol. The van der Waals surface area contributed by atoms with E-state index in [9.17, 15) is 4.79 Å². The highest BCUT2D eigenvalue weighted by Crippen LogP contribution is 2.23. The van der Waals surface area contributed by atoms with Crippen LogP contribution in [0.25, 0.3) is 0 Å². The van der Waals surface area contributed by atoms with Crippen molar-refractivity contribution < 1.29 is 4.79 Å². The number of carbonyl (C=O) groups excluding carboxylic acids is 1.